The van der Waals surface area contributed by atoms with E-state index in [4.69, 9.17) is 0 Å². The van der Waals surface area contributed by atoms with Gasteiger partial charge in [-0.1, -0.05) is 20.8 Å². The molecule has 1 atom stereocenters. The fraction of sp³-hybridized carbons (Fsp3) is 0.900. The van der Waals surface area contributed by atoms with Crippen LogP contribution in [0.5, 0.6) is 0 Å². The Balaban J connectivity index is 0.000000671. The van der Waals surface area contributed by atoms with E-state index in [9.17, 15) is 4.79 Å². The van der Waals surface area contributed by atoms with Crippen LogP contribution in [0.15, 0.2) is 0 Å². The van der Waals surface area contributed by atoms with E-state index < -0.39 is 0 Å². The number of carbonyl (C=O) groups is 1. The summed E-state index contributed by atoms with van der Waals surface area (Å²) in [4.78, 5) is 10.9. The van der Waals surface area contributed by atoms with Crippen LogP contribution in [0.3, 0.4) is 0 Å². The standard InChI is InChI=1S/C8H16N2O.C2H6/c1-2-9-6-7-3-4-10-8(11)5-7;1-2/h7,9H,2-6H2,1H3,(H,10,11);1-2H3. The van der Waals surface area contributed by atoms with Gasteiger partial charge < -0.3 is 10.6 Å². The van der Waals surface area contributed by atoms with E-state index in [-0.39, 0.29) is 5.91 Å². The van der Waals surface area contributed by atoms with Crippen molar-refractivity contribution >= 4 is 5.91 Å². The van der Waals surface area contributed by atoms with Crippen molar-refractivity contribution < 1.29 is 4.79 Å². The SMILES string of the molecule is CC.CCNCC1CCNC(=O)C1. The number of piperidine rings is 1. The molecular formula is C10H22N2O. The molecule has 0 aromatic heterocycles. The van der Waals surface area contributed by atoms with Crippen molar-refractivity contribution in [2.45, 2.75) is 33.6 Å². The highest BCUT2D eigenvalue weighted by Gasteiger charge is 2.17. The third-order valence-corrected chi connectivity index (χ3v) is 2.03. The first-order chi connectivity index (χ1) is 6.33. The highest BCUT2D eigenvalue weighted by Crippen LogP contribution is 2.10. The van der Waals surface area contributed by atoms with Crippen LogP contribution in [-0.2, 0) is 4.79 Å². The molecular weight excluding hydrogens is 164 g/mol. The molecule has 1 rings (SSSR count). The average Bonchev–Trinajstić information content (AvgIpc) is 2.18. The summed E-state index contributed by atoms with van der Waals surface area (Å²) in [6.07, 6.45) is 1.83. The molecule has 1 aliphatic rings. The predicted molar refractivity (Wildman–Crippen MR) is 55.6 cm³/mol. The van der Waals surface area contributed by atoms with Crippen LogP contribution in [0, 0.1) is 5.92 Å². The first-order valence-electron chi connectivity index (χ1n) is 5.30. The molecule has 0 spiro atoms. The fourth-order valence-corrected chi connectivity index (χ4v) is 1.37. The smallest absolute Gasteiger partial charge is 0.220 e. The van der Waals surface area contributed by atoms with E-state index >= 15 is 0 Å². The van der Waals surface area contributed by atoms with E-state index in [2.05, 4.69) is 17.6 Å². The van der Waals surface area contributed by atoms with Crippen molar-refractivity contribution in [3.63, 3.8) is 0 Å². The van der Waals surface area contributed by atoms with Gasteiger partial charge in [-0.15, -0.1) is 0 Å². The van der Waals surface area contributed by atoms with Gasteiger partial charge >= 0.3 is 0 Å². The lowest BCUT2D eigenvalue weighted by Crippen LogP contribution is -2.37. The van der Waals surface area contributed by atoms with E-state index in [1.807, 2.05) is 13.8 Å². The van der Waals surface area contributed by atoms with Crippen LogP contribution in [-0.4, -0.2) is 25.5 Å². The number of carbonyl (C=O) groups excluding carboxylic acids is 1. The maximum absolute atomic E-state index is 10.9. The molecule has 0 aromatic rings. The molecule has 3 nitrogen and oxygen atoms in total. The van der Waals surface area contributed by atoms with Crippen LogP contribution in [0.2, 0.25) is 0 Å². The van der Waals surface area contributed by atoms with Gasteiger partial charge in [0.25, 0.3) is 0 Å². The molecule has 1 heterocycles. The van der Waals surface area contributed by atoms with E-state index in [0.29, 0.717) is 12.3 Å². The second-order valence-corrected chi connectivity index (χ2v) is 3.02. The van der Waals surface area contributed by atoms with Gasteiger partial charge in [-0.2, -0.15) is 0 Å². The summed E-state index contributed by atoms with van der Waals surface area (Å²) in [7, 11) is 0. The lowest BCUT2D eigenvalue weighted by molar-refractivity contribution is -0.123. The minimum atomic E-state index is 0.208. The monoisotopic (exact) mass is 186 g/mol. The van der Waals surface area contributed by atoms with Crippen molar-refractivity contribution in [2.24, 2.45) is 5.92 Å². The Morgan fingerprint density at radius 2 is 2.23 bits per heavy atom. The largest absolute Gasteiger partial charge is 0.356 e. The summed E-state index contributed by atoms with van der Waals surface area (Å²) in [6.45, 7) is 8.93. The van der Waals surface area contributed by atoms with Gasteiger partial charge in [-0.25, -0.2) is 0 Å². The van der Waals surface area contributed by atoms with Gasteiger partial charge in [0.05, 0.1) is 0 Å². The van der Waals surface area contributed by atoms with Crippen LogP contribution in [0.4, 0.5) is 0 Å². The first kappa shape index (κ1) is 12.4. The van der Waals surface area contributed by atoms with Gasteiger partial charge in [0.2, 0.25) is 5.91 Å². The van der Waals surface area contributed by atoms with Crippen molar-refractivity contribution in [1.82, 2.24) is 10.6 Å². The van der Waals surface area contributed by atoms with E-state index in [0.717, 1.165) is 26.1 Å². The normalized spacial score (nSPS) is 21.5. The van der Waals surface area contributed by atoms with Crippen LogP contribution < -0.4 is 10.6 Å². The zero-order valence-electron chi connectivity index (χ0n) is 9.02. The average molecular weight is 186 g/mol. The molecule has 0 saturated carbocycles. The molecule has 1 unspecified atom stereocenters. The third kappa shape index (κ3) is 5.64. The zero-order valence-corrected chi connectivity index (χ0v) is 9.02. The molecule has 0 radical (unpaired) electrons. The Hall–Kier alpha value is -0.570. The molecule has 78 valence electrons. The predicted octanol–water partition coefficient (Wildman–Crippen LogP) is 1.15. The second-order valence-electron chi connectivity index (χ2n) is 3.02. The van der Waals surface area contributed by atoms with Crippen LogP contribution in [0.1, 0.15) is 33.6 Å². The number of rotatable bonds is 3. The Morgan fingerprint density at radius 3 is 2.77 bits per heavy atom. The highest BCUT2D eigenvalue weighted by atomic mass is 16.1. The fourth-order valence-electron chi connectivity index (χ4n) is 1.37. The summed E-state index contributed by atoms with van der Waals surface area (Å²) >= 11 is 0. The minimum Gasteiger partial charge on any atom is -0.356 e. The summed E-state index contributed by atoms with van der Waals surface area (Å²) in [5, 5.41) is 6.08. The number of hydrogen-bond acceptors (Lipinski definition) is 2. The van der Waals surface area contributed by atoms with E-state index in [1.54, 1.807) is 0 Å². The molecule has 0 aromatic carbocycles. The number of nitrogens with one attached hydrogen (secondary N) is 2. The van der Waals surface area contributed by atoms with Crippen molar-refractivity contribution in [3.8, 4) is 0 Å². The van der Waals surface area contributed by atoms with Gasteiger partial charge in [-0.3, -0.25) is 4.79 Å². The topological polar surface area (TPSA) is 41.1 Å². The van der Waals surface area contributed by atoms with Gasteiger partial charge in [0.1, 0.15) is 0 Å². The Labute approximate surface area is 81.3 Å². The molecule has 1 saturated heterocycles. The molecule has 1 fully saturated rings. The Morgan fingerprint density at radius 1 is 1.54 bits per heavy atom. The lowest BCUT2D eigenvalue weighted by atomic mass is 9.98. The molecule has 0 aliphatic carbocycles. The molecule has 3 heteroatoms. The second kappa shape index (κ2) is 8.05. The quantitative estimate of drug-likeness (QED) is 0.694. The molecule has 0 bridgehead atoms. The van der Waals surface area contributed by atoms with Crippen molar-refractivity contribution in [1.29, 1.82) is 0 Å². The molecule has 2 N–H and O–H groups in total. The van der Waals surface area contributed by atoms with Crippen molar-refractivity contribution in [3.05, 3.63) is 0 Å². The van der Waals surface area contributed by atoms with Gasteiger partial charge in [0.15, 0.2) is 0 Å². The summed E-state index contributed by atoms with van der Waals surface area (Å²) in [5.41, 5.74) is 0. The summed E-state index contributed by atoms with van der Waals surface area (Å²) < 4.78 is 0. The zero-order chi connectivity index (χ0) is 10.1. The van der Waals surface area contributed by atoms with E-state index in [1.165, 1.54) is 0 Å². The number of hydrogen-bond donors (Lipinski definition) is 2. The number of amides is 1. The summed E-state index contributed by atoms with van der Waals surface area (Å²) in [5.74, 6) is 0.767. The van der Waals surface area contributed by atoms with Crippen molar-refractivity contribution in [2.75, 3.05) is 19.6 Å². The van der Waals surface area contributed by atoms with Gasteiger partial charge in [0, 0.05) is 13.0 Å². The lowest BCUT2D eigenvalue weighted by Gasteiger charge is -2.21. The van der Waals surface area contributed by atoms with Crippen LogP contribution in [0.25, 0.3) is 0 Å². The molecule has 1 aliphatic heterocycles. The Kier molecular flexibility index (Phi) is 7.69. The first-order valence-corrected chi connectivity index (χ1v) is 5.30. The van der Waals surface area contributed by atoms with Gasteiger partial charge in [-0.05, 0) is 25.4 Å². The molecule has 13 heavy (non-hydrogen) atoms. The molecule has 1 amide bonds. The highest BCUT2D eigenvalue weighted by molar-refractivity contribution is 5.76. The Bertz CT molecular complexity index is 137. The maximum atomic E-state index is 10.9. The summed E-state index contributed by atoms with van der Waals surface area (Å²) in [6, 6.07) is 0. The minimum absolute atomic E-state index is 0.208. The maximum Gasteiger partial charge on any atom is 0.220 e. The third-order valence-electron chi connectivity index (χ3n) is 2.03. The van der Waals surface area contributed by atoms with Crippen LogP contribution >= 0.6 is 0 Å².